The molecule has 2 aromatic rings. The van der Waals surface area contributed by atoms with E-state index in [4.69, 9.17) is 0 Å². The molecule has 5 heteroatoms. The second-order valence-electron chi connectivity index (χ2n) is 6.87. The van der Waals surface area contributed by atoms with Gasteiger partial charge in [-0.3, -0.25) is 4.90 Å². The minimum atomic E-state index is -3.41. The zero-order valence-corrected chi connectivity index (χ0v) is 15.5. The largest absolute Gasteiger partial charge is 0.299 e. The van der Waals surface area contributed by atoms with Crippen molar-refractivity contribution in [3.8, 4) is 0 Å². The van der Waals surface area contributed by atoms with Crippen molar-refractivity contribution in [3.05, 3.63) is 65.7 Å². The van der Waals surface area contributed by atoms with Crippen LogP contribution in [0.4, 0.5) is 0 Å². The van der Waals surface area contributed by atoms with Crippen molar-refractivity contribution in [1.82, 2.24) is 9.62 Å². The summed E-state index contributed by atoms with van der Waals surface area (Å²) < 4.78 is 27.6. The highest BCUT2D eigenvalue weighted by Gasteiger charge is 2.22. The van der Waals surface area contributed by atoms with Gasteiger partial charge in [0, 0.05) is 13.1 Å². The van der Waals surface area contributed by atoms with E-state index in [1.165, 1.54) is 5.56 Å². The van der Waals surface area contributed by atoms with Crippen molar-refractivity contribution < 1.29 is 8.42 Å². The van der Waals surface area contributed by atoms with Crippen molar-refractivity contribution in [2.24, 2.45) is 5.92 Å². The second kappa shape index (κ2) is 8.13. The normalized spacial score (nSPS) is 16.8. The van der Waals surface area contributed by atoms with Gasteiger partial charge in [-0.25, -0.2) is 13.1 Å². The Labute approximate surface area is 150 Å². The Morgan fingerprint density at radius 1 is 1.04 bits per heavy atom. The number of nitrogens with zero attached hydrogens (tertiary/aromatic N) is 1. The molecule has 0 aromatic heterocycles. The number of hydrogen-bond donors (Lipinski definition) is 1. The van der Waals surface area contributed by atoms with Crippen molar-refractivity contribution in [2.75, 3.05) is 19.6 Å². The molecule has 134 valence electrons. The Bertz CT molecular complexity index is 782. The van der Waals surface area contributed by atoms with E-state index < -0.39 is 10.0 Å². The van der Waals surface area contributed by atoms with Crippen LogP contribution in [0.15, 0.2) is 59.5 Å². The molecule has 1 saturated heterocycles. The van der Waals surface area contributed by atoms with Gasteiger partial charge in [0.05, 0.1) is 4.90 Å². The standard InChI is InChI=1S/C20H26N2O2S/c1-17-6-5-9-20(14-17)25(23,24)21-15-18-10-12-22(13-11-18)16-19-7-3-2-4-8-19/h2-9,14,18,21H,10-13,15-16H2,1H3. The maximum absolute atomic E-state index is 12.4. The number of nitrogens with one attached hydrogen (secondary N) is 1. The summed E-state index contributed by atoms with van der Waals surface area (Å²) in [6.07, 6.45) is 2.06. The summed E-state index contributed by atoms with van der Waals surface area (Å²) in [6, 6.07) is 17.5. The van der Waals surface area contributed by atoms with Gasteiger partial charge in [0.25, 0.3) is 0 Å². The van der Waals surface area contributed by atoms with Gasteiger partial charge in [-0.2, -0.15) is 0 Å². The van der Waals surface area contributed by atoms with Gasteiger partial charge in [-0.1, -0.05) is 42.5 Å². The van der Waals surface area contributed by atoms with Gasteiger partial charge < -0.3 is 0 Å². The van der Waals surface area contributed by atoms with Crippen LogP contribution >= 0.6 is 0 Å². The van der Waals surface area contributed by atoms with Gasteiger partial charge in [0.2, 0.25) is 10.0 Å². The van der Waals surface area contributed by atoms with Crippen LogP contribution in [0.5, 0.6) is 0 Å². The summed E-state index contributed by atoms with van der Waals surface area (Å²) >= 11 is 0. The molecule has 1 N–H and O–H groups in total. The zero-order chi connectivity index (χ0) is 17.7. The Balaban J connectivity index is 1.48. The average Bonchev–Trinajstić information content (AvgIpc) is 2.62. The molecule has 4 nitrogen and oxygen atoms in total. The van der Waals surface area contributed by atoms with Crippen LogP contribution in [0.3, 0.4) is 0 Å². The third-order valence-corrected chi connectivity index (χ3v) is 6.24. The first kappa shape index (κ1) is 18.1. The SMILES string of the molecule is Cc1cccc(S(=O)(=O)NCC2CCN(Cc3ccccc3)CC2)c1. The fourth-order valence-corrected chi connectivity index (χ4v) is 4.50. The number of benzene rings is 2. The van der Waals surface area contributed by atoms with Crippen LogP contribution in [0, 0.1) is 12.8 Å². The number of likely N-dealkylation sites (tertiary alicyclic amines) is 1. The highest BCUT2D eigenvalue weighted by Crippen LogP contribution is 2.19. The minimum Gasteiger partial charge on any atom is -0.299 e. The molecule has 1 aliphatic rings. The van der Waals surface area contributed by atoms with Crippen LogP contribution in [-0.2, 0) is 16.6 Å². The molecule has 2 aromatic carbocycles. The van der Waals surface area contributed by atoms with E-state index >= 15 is 0 Å². The molecule has 0 unspecified atom stereocenters. The monoisotopic (exact) mass is 358 g/mol. The summed E-state index contributed by atoms with van der Waals surface area (Å²) in [5, 5.41) is 0. The Morgan fingerprint density at radius 2 is 1.76 bits per heavy atom. The molecule has 25 heavy (non-hydrogen) atoms. The highest BCUT2D eigenvalue weighted by molar-refractivity contribution is 7.89. The van der Waals surface area contributed by atoms with Gasteiger partial charge in [-0.15, -0.1) is 0 Å². The van der Waals surface area contributed by atoms with E-state index in [1.54, 1.807) is 18.2 Å². The summed E-state index contributed by atoms with van der Waals surface area (Å²) in [5.74, 6) is 0.409. The summed E-state index contributed by atoms with van der Waals surface area (Å²) in [7, 11) is -3.41. The molecular formula is C20H26N2O2S. The van der Waals surface area contributed by atoms with E-state index in [2.05, 4.69) is 33.9 Å². The van der Waals surface area contributed by atoms with Gasteiger partial charge >= 0.3 is 0 Å². The number of rotatable bonds is 6. The predicted octanol–water partition coefficient (Wildman–Crippen LogP) is 3.19. The molecule has 0 amide bonds. The molecule has 0 radical (unpaired) electrons. The van der Waals surface area contributed by atoms with Crippen molar-refractivity contribution in [2.45, 2.75) is 31.2 Å². The average molecular weight is 359 g/mol. The predicted molar refractivity (Wildman–Crippen MR) is 101 cm³/mol. The lowest BCUT2D eigenvalue weighted by molar-refractivity contribution is 0.178. The van der Waals surface area contributed by atoms with Gasteiger partial charge in [0.1, 0.15) is 0 Å². The van der Waals surface area contributed by atoms with Crippen molar-refractivity contribution in [1.29, 1.82) is 0 Å². The van der Waals surface area contributed by atoms with Crippen LogP contribution in [-0.4, -0.2) is 33.0 Å². The lowest BCUT2D eigenvalue weighted by Crippen LogP contribution is -2.38. The smallest absolute Gasteiger partial charge is 0.240 e. The fourth-order valence-electron chi connectivity index (χ4n) is 3.28. The minimum absolute atomic E-state index is 0.356. The van der Waals surface area contributed by atoms with Crippen LogP contribution in [0.1, 0.15) is 24.0 Å². The molecule has 0 saturated carbocycles. The maximum Gasteiger partial charge on any atom is 0.240 e. The quantitative estimate of drug-likeness (QED) is 0.863. The highest BCUT2D eigenvalue weighted by atomic mass is 32.2. The number of piperidine rings is 1. The van der Waals surface area contributed by atoms with E-state index in [1.807, 2.05) is 19.1 Å². The van der Waals surface area contributed by atoms with Crippen molar-refractivity contribution in [3.63, 3.8) is 0 Å². The maximum atomic E-state index is 12.4. The van der Waals surface area contributed by atoms with E-state index in [9.17, 15) is 8.42 Å². The first-order valence-corrected chi connectivity index (χ1v) is 10.3. The molecule has 0 atom stereocenters. The molecule has 1 fully saturated rings. The molecular weight excluding hydrogens is 332 g/mol. The first-order chi connectivity index (χ1) is 12.0. The summed E-state index contributed by atoms with van der Waals surface area (Å²) in [4.78, 5) is 2.80. The number of aryl methyl sites for hydroxylation is 1. The van der Waals surface area contributed by atoms with Crippen molar-refractivity contribution >= 4 is 10.0 Å². The summed E-state index contributed by atoms with van der Waals surface area (Å²) in [5.41, 5.74) is 2.29. The Kier molecular flexibility index (Phi) is 5.89. The third-order valence-electron chi connectivity index (χ3n) is 4.82. The topological polar surface area (TPSA) is 49.4 Å². The molecule has 0 aliphatic carbocycles. The number of sulfonamides is 1. The summed E-state index contributed by atoms with van der Waals surface area (Å²) in [6.45, 7) is 5.44. The zero-order valence-electron chi connectivity index (χ0n) is 14.7. The molecule has 3 rings (SSSR count). The molecule has 0 spiro atoms. The molecule has 0 bridgehead atoms. The van der Waals surface area contributed by atoms with Crippen LogP contribution < -0.4 is 4.72 Å². The number of hydrogen-bond acceptors (Lipinski definition) is 3. The molecule has 1 heterocycles. The lowest BCUT2D eigenvalue weighted by atomic mass is 9.97. The third kappa shape index (κ3) is 5.14. The van der Waals surface area contributed by atoms with Crippen LogP contribution in [0.25, 0.3) is 0 Å². The Hall–Kier alpha value is -1.69. The van der Waals surface area contributed by atoms with E-state index in [-0.39, 0.29) is 0 Å². The second-order valence-corrected chi connectivity index (χ2v) is 8.64. The van der Waals surface area contributed by atoms with Gasteiger partial charge in [0.15, 0.2) is 0 Å². The molecule has 1 aliphatic heterocycles. The van der Waals surface area contributed by atoms with Gasteiger partial charge in [-0.05, 0) is 62.0 Å². The van der Waals surface area contributed by atoms with E-state index in [0.29, 0.717) is 17.4 Å². The van der Waals surface area contributed by atoms with Crippen LogP contribution in [0.2, 0.25) is 0 Å². The lowest BCUT2D eigenvalue weighted by Gasteiger charge is -2.32. The van der Waals surface area contributed by atoms with E-state index in [0.717, 1.165) is 38.0 Å². The fraction of sp³-hybridized carbons (Fsp3) is 0.400. The Morgan fingerprint density at radius 3 is 2.44 bits per heavy atom. The first-order valence-electron chi connectivity index (χ1n) is 8.85.